The largest absolute Gasteiger partial charge is 0.456 e. The summed E-state index contributed by atoms with van der Waals surface area (Å²) in [6, 6.07) is 6.92. The predicted molar refractivity (Wildman–Crippen MR) is 66.5 cm³/mol. The number of benzene rings is 1. The van der Waals surface area contributed by atoms with Crippen molar-refractivity contribution in [2.75, 3.05) is 27.7 Å². The molecule has 0 bridgehead atoms. The number of nitrogens with zero attached hydrogens (tertiary/aromatic N) is 1. The zero-order valence-corrected chi connectivity index (χ0v) is 10.3. The highest BCUT2D eigenvalue weighted by molar-refractivity contribution is 5.78. The molecule has 92 valence electrons. The van der Waals surface area contributed by atoms with Gasteiger partial charge in [0, 0.05) is 11.9 Å². The maximum atomic E-state index is 13.5. The lowest BCUT2D eigenvalue weighted by Crippen LogP contribution is -2.28. The van der Waals surface area contributed by atoms with E-state index in [0.717, 1.165) is 17.7 Å². The maximum absolute atomic E-state index is 13.5. The second-order valence-electron chi connectivity index (χ2n) is 4.41. The SMILES string of the molecule is CNC(CN(C)C)c1cc2cccc(F)c2o1. The summed E-state index contributed by atoms with van der Waals surface area (Å²) >= 11 is 0. The van der Waals surface area contributed by atoms with Crippen LogP contribution in [0.2, 0.25) is 0 Å². The molecular weight excluding hydrogens is 219 g/mol. The van der Waals surface area contributed by atoms with Crippen molar-refractivity contribution in [1.82, 2.24) is 10.2 Å². The topological polar surface area (TPSA) is 28.4 Å². The van der Waals surface area contributed by atoms with Crippen LogP contribution in [-0.2, 0) is 0 Å². The molecule has 1 unspecified atom stereocenters. The van der Waals surface area contributed by atoms with Gasteiger partial charge in [-0.15, -0.1) is 0 Å². The van der Waals surface area contributed by atoms with E-state index in [2.05, 4.69) is 10.2 Å². The molecule has 17 heavy (non-hydrogen) atoms. The van der Waals surface area contributed by atoms with E-state index in [1.165, 1.54) is 6.07 Å². The van der Waals surface area contributed by atoms with Crippen molar-refractivity contribution in [2.24, 2.45) is 0 Å². The minimum Gasteiger partial charge on any atom is -0.456 e. The van der Waals surface area contributed by atoms with Crippen molar-refractivity contribution >= 4 is 11.0 Å². The molecule has 0 aliphatic rings. The van der Waals surface area contributed by atoms with Crippen LogP contribution in [0.5, 0.6) is 0 Å². The van der Waals surface area contributed by atoms with Gasteiger partial charge in [0.25, 0.3) is 0 Å². The summed E-state index contributed by atoms with van der Waals surface area (Å²) in [5.41, 5.74) is 0.335. The van der Waals surface area contributed by atoms with Crippen LogP contribution < -0.4 is 5.32 Å². The fourth-order valence-electron chi connectivity index (χ4n) is 1.91. The van der Waals surface area contributed by atoms with Gasteiger partial charge in [-0.05, 0) is 33.3 Å². The number of likely N-dealkylation sites (N-methyl/N-ethyl adjacent to an activating group) is 2. The molecule has 1 atom stereocenters. The quantitative estimate of drug-likeness (QED) is 0.883. The van der Waals surface area contributed by atoms with Crippen LogP contribution in [0.1, 0.15) is 11.8 Å². The van der Waals surface area contributed by atoms with Gasteiger partial charge in [0.2, 0.25) is 0 Å². The molecule has 0 amide bonds. The minimum atomic E-state index is -0.312. The van der Waals surface area contributed by atoms with Gasteiger partial charge in [-0.1, -0.05) is 12.1 Å². The van der Waals surface area contributed by atoms with Gasteiger partial charge in [0.15, 0.2) is 11.4 Å². The summed E-state index contributed by atoms with van der Waals surface area (Å²) in [5.74, 6) is 0.453. The van der Waals surface area contributed by atoms with E-state index in [4.69, 9.17) is 4.42 Å². The first-order valence-corrected chi connectivity index (χ1v) is 5.61. The van der Waals surface area contributed by atoms with Gasteiger partial charge in [0.1, 0.15) is 5.76 Å². The van der Waals surface area contributed by atoms with Gasteiger partial charge in [-0.3, -0.25) is 0 Å². The average molecular weight is 236 g/mol. The van der Waals surface area contributed by atoms with Crippen molar-refractivity contribution in [3.05, 3.63) is 35.8 Å². The zero-order chi connectivity index (χ0) is 12.4. The Morgan fingerprint density at radius 3 is 2.76 bits per heavy atom. The molecule has 2 aromatic rings. The van der Waals surface area contributed by atoms with Crippen molar-refractivity contribution in [3.63, 3.8) is 0 Å². The van der Waals surface area contributed by atoms with Crippen LogP contribution in [0.25, 0.3) is 11.0 Å². The van der Waals surface area contributed by atoms with Crippen LogP contribution >= 0.6 is 0 Å². The van der Waals surface area contributed by atoms with Gasteiger partial charge in [0.05, 0.1) is 6.04 Å². The summed E-state index contributed by atoms with van der Waals surface area (Å²) in [6.07, 6.45) is 0. The van der Waals surface area contributed by atoms with Crippen LogP contribution in [0, 0.1) is 5.82 Å². The Kier molecular flexibility index (Phi) is 3.45. The molecule has 4 heteroatoms. The fraction of sp³-hybridized carbons (Fsp3) is 0.385. The lowest BCUT2D eigenvalue weighted by molar-refractivity contribution is 0.323. The standard InChI is InChI=1S/C13H17FN2O/c1-15-11(8-16(2)3)12-7-9-5-4-6-10(14)13(9)17-12/h4-7,11,15H,8H2,1-3H3. The first-order chi connectivity index (χ1) is 8.11. The molecule has 1 heterocycles. The van der Waals surface area contributed by atoms with Crippen LogP contribution in [0.4, 0.5) is 4.39 Å². The Balaban J connectivity index is 2.37. The molecule has 2 rings (SSSR count). The molecule has 0 saturated heterocycles. The molecule has 3 nitrogen and oxygen atoms in total. The number of hydrogen-bond donors (Lipinski definition) is 1. The van der Waals surface area contributed by atoms with E-state index < -0.39 is 0 Å². The molecule has 0 aliphatic heterocycles. The Morgan fingerprint density at radius 2 is 2.18 bits per heavy atom. The molecule has 1 aromatic carbocycles. The number of rotatable bonds is 4. The van der Waals surface area contributed by atoms with Crippen molar-refractivity contribution in [2.45, 2.75) is 6.04 Å². The molecule has 1 N–H and O–H groups in total. The summed E-state index contributed by atoms with van der Waals surface area (Å²) in [6.45, 7) is 0.804. The van der Waals surface area contributed by atoms with E-state index >= 15 is 0 Å². The highest BCUT2D eigenvalue weighted by Crippen LogP contribution is 2.26. The number of hydrogen-bond acceptors (Lipinski definition) is 3. The van der Waals surface area contributed by atoms with Gasteiger partial charge >= 0.3 is 0 Å². The van der Waals surface area contributed by atoms with Gasteiger partial charge < -0.3 is 14.6 Å². The molecule has 0 radical (unpaired) electrons. The number of halogens is 1. The average Bonchev–Trinajstić information content (AvgIpc) is 2.70. The number of para-hydroxylation sites is 1. The highest BCUT2D eigenvalue weighted by atomic mass is 19.1. The van der Waals surface area contributed by atoms with Crippen molar-refractivity contribution in [3.8, 4) is 0 Å². The number of fused-ring (bicyclic) bond motifs is 1. The normalized spacial score (nSPS) is 13.5. The number of furan rings is 1. The van der Waals surface area contributed by atoms with Crippen LogP contribution in [0.15, 0.2) is 28.7 Å². The third-order valence-electron chi connectivity index (χ3n) is 2.75. The first kappa shape index (κ1) is 12.1. The smallest absolute Gasteiger partial charge is 0.169 e. The first-order valence-electron chi connectivity index (χ1n) is 5.61. The molecule has 1 aromatic heterocycles. The summed E-state index contributed by atoms with van der Waals surface area (Å²) in [7, 11) is 5.86. The third kappa shape index (κ3) is 2.48. The third-order valence-corrected chi connectivity index (χ3v) is 2.75. The summed E-state index contributed by atoms with van der Waals surface area (Å²) in [5, 5.41) is 3.98. The molecule has 0 fully saturated rings. The predicted octanol–water partition coefficient (Wildman–Crippen LogP) is 2.39. The fourth-order valence-corrected chi connectivity index (χ4v) is 1.91. The summed E-state index contributed by atoms with van der Waals surface area (Å²) < 4.78 is 19.1. The van der Waals surface area contributed by atoms with E-state index in [1.54, 1.807) is 6.07 Å². The second kappa shape index (κ2) is 4.85. The minimum absolute atomic E-state index is 0.0665. The number of nitrogens with one attached hydrogen (secondary N) is 1. The van der Waals surface area contributed by atoms with E-state index in [9.17, 15) is 4.39 Å². The van der Waals surface area contributed by atoms with Crippen LogP contribution in [-0.4, -0.2) is 32.6 Å². The Labute approximate surface area is 100 Å². The molecular formula is C13H17FN2O. The van der Waals surface area contributed by atoms with E-state index in [0.29, 0.717) is 5.58 Å². The van der Waals surface area contributed by atoms with Crippen molar-refractivity contribution in [1.29, 1.82) is 0 Å². The maximum Gasteiger partial charge on any atom is 0.169 e. The summed E-state index contributed by atoms with van der Waals surface area (Å²) in [4.78, 5) is 2.06. The second-order valence-corrected chi connectivity index (χ2v) is 4.41. The highest BCUT2D eigenvalue weighted by Gasteiger charge is 2.16. The van der Waals surface area contributed by atoms with E-state index in [1.807, 2.05) is 33.3 Å². The lowest BCUT2D eigenvalue weighted by atomic mass is 10.2. The lowest BCUT2D eigenvalue weighted by Gasteiger charge is -2.18. The Morgan fingerprint density at radius 1 is 1.41 bits per heavy atom. The van der Waals surface area contributed by atoms with Gasteiger partial charge in [-0.2, -0.15) is 0 Å². The molecule has 0 saturated carbocycles. The molecule has 0 aliphatic carbocycles. The monoisotopic (exact) mass is 236 g/mol. The van der Waals surface area contributed by atoms with Crippen molar-refractivity contribution < 1.29 is 8.81 Å². The Bertz CT molecular complexity index is 507. The van der Waals surface area contributed by atoms with Gasteiger partial charge in [-0.25, -0.2) is 4.39 Å². The van der Waals surface area contributed by atoms with Crippen LogP contribution in [0.3, 0.4) is 0 Å². The molecule has 0 spiro atoms. The van der Waals surface area contributed by atoms with E-state index in [-0.39, 0.29) is 11.9 Å². The Hall–Kier alpha value is -1.39. The zero-order valence-electron chi connectivity index (χ0n) is 10.3.